The van der Waals surface area contributed by atoms with Crippen molar-refractivity contribution in [3.05, 3.63) is 71.8 Å². The first-order valence-electron chi connectivity index (χ1n) is 9.96. The summed E-state index contributed by atoms with van der Waals surface area (Å²) in [5.74, 6) is -0.272. The summed E-state index contributed by atoms with van der Waals surface area (Å²) >= 11 is 0. The van der Waals surface area contributed by atoms with Gasteiger partial charge >= 0.3 is 5.97 Å². The summed E-state index contributed by atoms with van der Waals surface area (Å²) in [5.41, 5.74) is 2.52. The van der Waals surface area contributed by atoms with Crippen LogP contribution in [0.5, 0.6) is 0 Å². The molecule has 0 bridgehead atoms. The zero-order valence-corrected chi connectivity index (χ0v) is 16.4. The Morgan fingerprint density at radius 2 is 1.39 bits per heavy atom. The van der Waals surface area contributed by atoms with Crippen molar-refractivity contribution in [2.75, 3.05) is 32.8 Å². The standard InChI is InChI=1S/C23H28N2O3/c1-2-28-22(27)14-13-21(26)24-15-17-25(18-16-24)23(19-9-5-3-6-10-19)20-11-7-4-8-12-20/h3-12,23H,2,13-18H2,1H3. The number of hydrogen-bond donors (Lipinski definition) is 0. The van der Waals surface area contributed by atoms with Crippen LogP contribution >= 0.6 is 0 Å². The molecule has 2 aromatic carbocycles. The lowest BCUT2D eigenvalue weighted by atomic mass is 9.96. The maximum atomic E-state index is 12.4. The van der Waals surface area contributed by atoms with Gasteiger partial charge < -0.3 is 9.64 Å². The molecule has 5 nitrogen and oxygen atoms in total. The van der Waals surface area contributed by atoms with Crippen molar-refractivity contribution < 1.29 is 14.3 Å². The molecule has 2 aromatic rings. The summed E-state index contributed by atoms with van der Waals surface area (Å²) < 4.78 is 4.91. The average Bonchev–Trinajstić information content (AvgIpc) is 2.74. The summed E-state index contributed by atoms with van der Waals surface area (Å²) in [7, 11) is 0. The third-order valence-electron chi connectivity index (χ3n) is 5.11. The monoisotopic (exact) mass is 380 g/mol. The van der Waals surface area contributed by atoms with Gasteiger partial charge in [-0.2, -0.15) is 0 Å². The first kappa shape index (κ1) is 20.1. The zero-order chi connectivity index (χ0) is 19.8. The van der Waals surface area contributed by atoms with Gasteiger partial charge in [0.05, 0.1) is 19.1 Å². The summed E-state index contributed by atoms with van der Waals surface area (Å²) in [6.45, 7) is 5.09. The first-order valence-corrected chi connectivity index (χ1v) is 9.96. The number of carbonyl (C=O) groups is 2. The van der Waals surface area contributed by atoms with Gasteiger partial charge in [0.2, 0.25) is 5.91 Å². The molecule has 1 aliphatic rings. The van der Waals surface area contributed by atoms with Gasteiger partial charge in [0.1, 0.15) is 0 Å². The van der Waals surface area contributed by atoms with Gasteiger partial charge in [0.25, 0.3) is 0 Å². The van der Waals surface area contributed by atoms with Crippen LogP contribution in [0.3, 0.4) is 0 Å². The topological polar surface area (TPSA) is 49.9 Å². The number of carbonyl (C=O) groups excluding carboxylic acids is 2. The smallest absolute Gasteiger partial charge is 0.306 e. The van der Waals surface area contributed by atoms with Gasteiger partial charge in [-0.15, -0.1) is 0 Å². The molecule has 0 atom stereocenters. The van der Waals surface area contributed by atoms with Crippen LogP contribution in [0.4, 0.5) is 0 Å². The van der Waals surface area contributed by atoms with Gasteiger partial charge in [-0.25, -0.2) is 0 Å². The molecule has 0 aromatic heterocycles. The molecule has 1 fully saturated rings. The van der Waals surface area contributed by atoms with E-state index < -0.39 is 0 Å². The highest BCUT2D eigenvalue weighted by molar-refractivity contribution is 5.81. The predicted molar refractivity (Wildman–Crippen MR) is 109 cm³/mol. The van der Waals surface area contributed by atoms with Crippen LogP contribution in [-0.2, 0) is 14.3 Å². The summed E-state index contributed by atoms with van der Waals surface area (Å²) in [5, 5.41) is 0. The van der Waals surface area contributed by atoms with Gasteiger partial charge in [-0.1, -0.05) is 60.7 Å². The second-order valence-electron chi connectivity index (χ2n) is 6.95. The van der Waals surface area contributed by atoms with Crippen molar-refractivity contribution in [2.24, 2.45) is 0 Å². The van der Waals surface area contributed by atoms with E-state index in [4.69, 9.17) is 4.74 Å². The maximum absolute atomic E-state index is 12.4. The lowest BCUT2D eigenvalue weighted by Crippen LogP contribution is -2.49. The minimum Gasteiger partial charge on any atom is -0.466 e. The van der Waals surface area contributed by atoms with Crippen molar-refractivity contribution in [1.29, 1.82) is 0 Å². The Morgan fingerprint density at radius 3 is 1.89 bits per heavy atom. The van der Waals surface area contributed by atoms with Gasteiger partial charge in [-0.05, 0) is 18.1 Å². The molecule has 28 heavy (non-hydrogen) atoms. The number of benzene rings is 2. The lowest BCUT2D eigenvalue weighted by molar-refractivity contribution is -0.146. The minimum absolute atomic E-state index is 0.0312. The van der Waals surface area contributed by atoms with Gasteiger partial charge in [0, 0.05) is 32.6 Å². The molecule has 0 N–H and O–H groups in total. The largest absolute Gasteiger partial charge is 0.466 e. The number of amides is 1. The van der Waals surface area contributed by atoms with E-state index in [0.717, 1.165) is 13.1 Å². The van der Waals surface area contributed by atoms with E-state index in [1.807, 2.05) is 17.0 Å². The molecule has 0 spiro atoms. The second kappa shape index (κ2) is 10.0. The van der Waals surface area contributed by atoms with E-state index in [1.54, 1.807) is 6.92 Å². The van der Waals surface area contributed by atoms with E-state index >= 15 is 0 Å². The lowest BCUT2D eigenvalue weighted by Gasteiger charge is -2.39. The summed E-state index contributed by atoms with van der Waals surface area (Å²) in [6.07, 6.45) is 0.378. The molecule has 1 amide bonds. The number of ether oxygens (including phenoxy) is 1. The van der Waals surface area contributed by atoms with Crippen LogP contribution in [0.25, 0.3) is 0 Å². The molecule has 3 rings (SSSR count). The molecule has 0 unspecified atom stereocenters. The number of rotatable bonds is 7. The van der Waals surface area contributed by atoms with Gasteiger partial charge in [-0.3, -0.25) is 14.5 Å². The van der Waals surface area contributed by atoms with E-state index in [0.29, 0.717) is 19.7 Å². The van der Waals surface area contributed by atoms with Crippen molar-refractivity contribution in [3.63, 3.8) is 0 Å². The van der Waals surface area contributed by atoms with Crippen LogP contribution in [0, 0.1) is 0 Å². The molecule has 0 aliphatic carbocycles. The Bertz CT molecular complexity index is 716. The fraction of sp³-hybridized carbons (Fsp3) is 0.391. The first-order chi connectivity index (χ1) is 13.7. The Hall–Kier alpha value is -2.66. The Kier molecular flexibility index (Phi) is 7.20. The van der Waals surface area contributed by atoms with Gasteiger partial charge in [0.15, 0.2) is 0 Å². The highest BCUT2D eigenvalue weighted by atomic mass is 16.5. The maximum Gasteiger partial charge on any atom is 0.306 e. The van der Waals surface area contributed by atoms with Crippen molar-refractivity contribution in [1.82, 2.24) is 9.80 Å². The molecule has 5 heteroatoms. The van der Waals surface area contributed by atoms with E-state index in [-0.39, 0.29) is 30.8 Å². The van der Waals surface area contributed by atoms with Crippen LogP contribution in [0.2, 0.25) is 0 Å². The molecular weight excluding hydrogens is 352 g/mol. The molecule has 148 valence electrons. The third kappa shape index (κ3) is 5.20. The molecule has 0 saturated carbocycles. The van der Waals surface area contributed by atoms with Crippen LogP contribution in [-0.4, -0.2) is 54.5 Å². The van der Waals surface area contributed by atoms with Crippen LogP contribution < -0.4 is 0 Å². The highest BCUT2D eigenvalue weighted by Gasteiger charge is 2.28. The molecule has 1 aliphatic heterocycles. The van der Waals surface area contributed by atoms with E-state index in [2.05, 4.69) is 53.4 Å². The van der Waals surface area contributed by atoms with Crippen LogP contribution in [0.15, 0.2) is 60.7 Å². The van der Waals surface area contributed by atoms with Crippen molar-refractivity contribution in [2.45, 2.75) is 25.8 Å². The van der Waals surface area contributed by atoms with E-state index in [1.165, 1.54) is 11.1 Å². The Labute approximate surface area is 166 Å². The normalized spacial score (nSPS) is 14.9. The molecular formula is C23H28N2O3. The number of piperazine rings is 1. The zero-order valence-electron chi connectivity index (χ0n) is 16.4. The van der Waals surface area contributed by atoms with E-state index in [9.17, 15) is 9.59 Å². The third-order valence-corrected chi connectivity index (χ3v) is 5.11. The Morgan fingerprint density at radius 1 is 0.857 bits per heavy atom. The molecule has 1 heterocycles. The summed E-state index contributed by atoms with van der Waals surface area (Å²) in [6, 6.07) is 21.2. The highest BCUT2D eigenvalue weighted by Crippen LogP contribution is 2.29. The number of hydrogen-bond acceptors (Lipinski definition) is 4. The molecule has 0 radical (unpaired) electrons. The predicted octanol–water partition coefficient (Wildman–Crippen LogP) is 3.26. The second-order valence-corrected chi connectivity index (χ2v) is 6.95. The summed E-state index contributed by atoms with van der Waals surface area (Å²) in [4.78, 5) is 28.2. The number of esters is 1. The van der Waals surface area contributed by atoms with Crippen LogP contribution in [0.1, 0.15) is 36.9 Å². The fourth-order valence-electron chi connectivity index (χ4n) is 3.71. The average molecular weight is 380 g/mol. The minimum atomic E-state index is -0.303. The number of nitrogens with zero attached hydrogens (tertiary/aromatic N) is 2. The SMILES string of the molecule is CCOC(=O)CCC(=O)N1CCN(C(c2ccccc2)c2ccccc2)CC1. The van der Waals surface area contributed by atoms with Crippen molar-refractivity contribution >= 4 is 11.9 Å². The fourth-order valence-corrected chi connectivity index (χ4v) is 3.71. The molecule has 1 saturated heterocycles. The van der Waals surface area contributed by atoms with Crippen molar-refractivity contribution in [3.8, 4) is 0 Å². The Balaban J connectivity index is 1.63. The quantitative estimate of drug-likeness (QED) is 0.692.